The first kappa shape index (κ1) is 9.11. The molecule has 68 valence electrons. The summed E-state index contributed by atoms with van der Waals surface area (Å²) in [6, 6.07) is 0. The molecule has 1 amide bonds. The number of hydrogen-bond donors (Lipinski definition) is 2. The van der Waals surface area contributed by atoms with Gasteiger partial charge in [-0.3, -0.25) is 9.89 Å². The molecular formula is C7H9N5O. The minimum absolute atomic E-state index is 0.333. The molecule has 0 bridgehead atoms. The van der Waals surface area contributed by atoms with Crippen molar-refractivity contribution in [3.8, 4) is 0 Å². The number of H-pyrrole nitrogens is 1. The van der Waals surface area contributed by atoms with Crippen molar-refractivity contribution >= 4 is 16.9 Å². The van der Waals surface area contributed by atoms with Crippen LogP contribution in [-0.2, 0) is 4.79 Å². The van der Waals surface area contributed by atoms with E-state index in [9.17, 15) is 4.79 Å². The van der Waals surface area contributed by atoms with Gasteiger partial charge in [-0.05, 0) is 0 Å². The van der Waals surface area contributed by atoms with Gasteiger partial charge < -0.3 is 5.73 Å². The maximum Gasteiger partial charge on any atom is 0.214 e. The molecule has 0 fully saturated rings. The average molecular weight is 179 g/mol. The molecule has 0 saturated heterocycles. The normalized spacial score (nSPS) is 9.00. The largest absolute Gasteiger partial charge is 0.370 e. The summed E-state index contributed by atoms with van der Waals surface area (Å²) >= 11 is 0. The first-order valence-electron chi connectivity index (χ1n) is 3.55. The van der Waals surface area contributed by atoms with Crippen molar-refractivity contribution in [1.82, 2.24) is 20.2 Å². The number of nitrogens with two attached hydrogens (primary N) is 1. The monoisotopic (exact) mass is 179 g/mol. The SMILES string of the molecule is CC(N)=O.c1ncc2[nH]ncc2n1. The van der Waals surface area contributed by atoms with Crippen LogP contribution in [0.2, 0.25) is 0 Å². The molecule has 0 aliphatic rings. The lowest BCUT2D eigenvalue weighted by Crippen LogP contribution is -2.01. The van der Waals surface area contributed by atoms with Gasteiger partial charge in [0.2, 0.25) is 5.91 Å². The van der Waals surface area contributed by atoms with E-state index in [-0.39, 0.29) is 5.91 Å². The third-order valence-corrected chi connectivity index (χ3v) is 1.11. The van der Waals surface area contributed by atoms with Crippen LogP contribution in [0, 0.1) is 0 Å². The van der Waals surface area contributed by atoms with Crippen molar-refractivity contribution in [2.75, 3.05) is 0 Å². The fourth-order valence-electron chi connectivity index (χ4n) is 0.691. The number of nitrogens with zero attached hydrogens (tertiary/aromatic N) is 3. The molecule has 0 radical (unpaired) electrons. The summed E-state index contributed by atoms with van der Waals surface area (Å²) in [5.41, 5.74) is 6.20. The van der Waals surface area contributed by atoms with Crippen molar-refractivity contribution in [3.63, 3.8) is 0 Å². The first-order chi connectivity index (χ1) is 6.20. The minimum atomic E-state index is -0.333. The van der Waals surface area contributed by atoms with Gasteiger partial charge in [0, 0.05) is 6.92 Å². The van der Waals surface area contributed by atoms with Crippen molar-refractivity contribution in [3.05, 3.63) is 18.7 Å². The number of aromatic nitrogens is 4. The Bertz CT molecular complexity index is 362. The third kappa shape index (κ3) is 2.86. The molecule has 0 saturated carbocycles. The number of rotatable bonds is 0. The predicted molar refractivity (Wildman–Crippen MR) is 46.6 cm³/mol. The summed E-state index contributed by atoms with van der Waals surface area (Å²) in [6.45, 7) is 1.31. The number of amides is 1. The van der Waals surface area contributed by atoms with Gasteiger partial charge in [-0.1, -0.05) is 0 Å². The first-order valence-corrected chi connectivity index (χ1v) is 3.55. The van der Waals surface area contributed by atoms with Crippen molar-refractivity contribution in [1.29, 1.82) is 0 Å². The highest BCUT2D eigenvalue weighted by Gasteiger charge is 1.90. The van der Waals surface area contributed by atoms with E-state index in [4.69, 9.17) is 0 Å². The Labute approximate surface area is 74.2 Å². The molecule has 0 aromatic carbocycles. The molecule has 0 atom stereocenters. The maximum absolute atomic E-state index is 9.22. The Morgan fingerprint density at radius 2 is 2.23 bits per heavy atom. The van der Waals surface area contributed by atoms with E-state index in [0.29, 0.717) is 0 Å². The van der Waals surface area contributed by atoms with Crippen molar-refractivity contribution < 1.29 is 4.79 Å². The summed E-state index contributed by atoms with van der Waals surface area (Å²) in [6.07, 6.45) is 4.85. The maximum atomic E-state index is 9.22. The van der Waals surface area contributed by atoms with E-state index in [1.165, 1.54) is 13.3 Å². The highest BCUT2D eigenvalue weighted by Crippen LogP contribution is 2.00. The summed E-state index contributed by atoms with van der Waals surface area (Å²) < 4.78 is 0. The van der Waals surface area contributed by atoms with E-state index < -0.39 is 0 Å². The van der Waals surface area contributed by atoms with E-state index in [2.05, 4.69) is 25.9 Å². The van der Waals surface area contributed by atoms with Gasteiger partial charge in [0.25, 0.3) is 0 Å². The molecule has 0 aliphatic carbocycles. The van der Waals surface area contributed by atoms with Crippen molar-refractivity contribution in [2.24, 2.45) is 5.73 Å². The molecule has 6 heteroatoms. The Morgan fingerprint density at radius 3 is 2.85 bits per heavy atom. The molecule has 0 aliphatic heterocycles. The number of nitrogens with one attached hydrogen (secondary N) is 1. The zero-order chi connectivity index (χ0) is 9.68. The van der Waals surface area contributed by atoms with Crippen LogP contribution in [0.1, 0.15) is 6.92 Å². The molecule has 0 unspecified atom stereocenters. The molecule has 0 spiro atoms. The zero-order valence-corrected chi connectivity index (χ0v) is 7.06. The van der Waals surface area contributed by atoms with E-state index in [1.54, 1.807) is 12.4 Å². The van der Waals surface area contributed by atoms with Gasteiger partial charge in [-0.15, -0.1) is 0 Å². The quantitative estimate of drug-likeness (QED) is 0.587. The van der Waals surface area contributed by atoms with E-state index in [1.807, 2.05) is 0 Å². The van der Waals surface area contributed by atoms with E-state index >= 15 is 0 Å². The van der Waals surface area contributed by atoms with Crippen LogP contribution in [0.15, 0.2) is 18.7 Å². The topological polar surface area (TPSA) is 97.6 Å². The molecule has 6 nitrogen and oxygen atoms in total. The number of primary amides is 1. The Balaban J connectivity index is 0.000000184. The van der Waals surface area contributed by atoms with Crippen LogP contribution >= 0.6 is 0 Å². The number of aromatic amines is 1. The molecule has 3 N–H and O–H groups in total. The summed E-state index contributed by atoms with van der Waals surface area (Å²) in [5.74, 6) is -0.333. The van der Waals surface area contributed by atoms with Crippen LogP contribution in [0.5, 0.6) is 0 Å². The van der Waals surface area contributed by atoms with Crippen LogP contribution < -0.4 is 5.73 Å². The highest BCUT2D eigenvalue weighted by molar-refractivity contribution is 5.71. The minimum Gasteiger partial charge on any atom is -0.370 e. The summed E-state index contributed by atoms with van der Waals surface area (Å²) in [7, 11) is 0. The zero-order valence-electron chi connectivity index (χ0n) is 7.06. The molecule has 13 heavy (non-hydrogen) atoms. The molecule has 2 aromatic heterocycles. The Hall–Kier alpha value is -1.98. The molecule has 2 heterocycles. The lowest BCUT2D eigenvalue weighted by Gasteiger charge is -1.80. The van der Waals surface area contributed by atoms with Gasteiger partial charge >= 0.3 is 0 Å². The fourth-order valence-corrected chi connectivity index (χ4v) is 0.691. The second kappa shape index (κ2) is 4.15. The molecular weight excluding hydrogens is 170 g/mol. The van der Waals surface area contributed by atoms with Gasteiger partial charge in [-0.25, -0.2) is 9.97 Å². The van der Waals surface area contributed by atoms with Gasteiger partial charge in [-0.2, -0.15) is 5.10 Å². The Kier molecular flexibility index (Phi) is 2.91. The second-order valence-electron chi connectivity index (χ2n) is 2.30. The van der Waals surface area contributed by atoms with Gasteiger partial charge in [0.05, 0.1) is 12.4 Å². The predicted octanol–water partition coefficient (Wildman–Crippen LogP) is -0.156. The molecule has 2 rings (SSSR count). The number of carbonyl (C=O) groups is 1. The van der Waals surface area contributed by atoms with E-state index in [0.717, 1.165) is 11.0 Å². The average Bonchev–Trinajstić information content (AvgIpc) is 2.49. The van der Waals surface area contributed by atoms with Crippen LogP contribution in [0.3, 0.4) is 0 Å². The number of hydrogen-bond acceptors (Lipinski definition) is 4. The summed E-state index contributed by atoms with van der Waals surface area (Å²) in [4.78, 5) is 17.0. The Morgan fingerprint density at radius 1 is 1.54 bits per heavy atom. The third-order valence-electron chi connectivity index (χ3n) is 1.11. The van der Waals surface area contributed by atoms with Gasteiger partial charge in [0.15, 0.2) is 0 Å². The number of carbonyl (C=O) groups excluding carboxylic acids is 1. The van der Waals surface area contributed by atoms with Gasteiger partial charge in [0.1, 0.15) is 17.4 Å². The lowest BCUT2D eigenvalue weighted by atomic mass is 10.5. The van der Waals surface area contributed by atoms with Crippen LogP contribution in [0.25, 0.3) is 11.0 Å². The van der Waals surface area contributed by atoms with Crippen molar-refractivity contribution in [2.45, 2.75) is 6.92 Å². The van der Waals surface area contributed by atoms with Crippen LogP contribution in [-0.4, -0.2) is 26.1 Å². The smallest absolute Gasteiger partial charge is 0.214 e. The fraction of sp³-hybridized carbons (Fsp3) is 0.143. The standard InChI is InChI=1S/C5H4N4.C2H5NO/c1-5-4(2-8-9-5)7-3-6-1;1-2(3)4/h1-3H,(H,8,9);1H3,(H2,3,4). The highest BCUT2D eigenvalue weighted by atomic mass is 16.1. The summed E-state index contributed by atoms with van der Waals surface area (Å²) in [5, 5.41) is 6.52. The number of fused-ring (bicyclic) bond motifs is 1. The molecule has 2 aromatic rings. The second-order valence-corrected chi connectivity index (χ2v) is 2.30. The van der Waals surface area contributed by atoms with Crippen LogP contribution in [0.4, 0.5) is 0 Å². The lowest BCUT2D eigenvalue weighted by molar-refractivity contribution is -0.115.